The van der Waals surface area contributed by atoms with Crippen molar-refractivity contribution in [1.29, 1.82) is 5.26 Å². The van der Waals surface area contributed by atoms with Gasteiger partial charge in [0.25, 0.3) is 5.91 Å². The molecular formula is C16H10FN3O. The van der Waals surface area contributed by atoms with E-state index in [2.05, 4.69) is 10.3 Å². The van der Waals surface area contributed by atoms with Crippen LogP contribution in [0.4, 0.5) is 10.1 Å². The Morgan fingerprint density at radius 3 is 2.86 bits per heavy atom. The van der Waals surface area contributed by atoms with Crippen molar-refractivity contribution >= 4 is 22.5 Å². The van der Waals surface area contributed by atoms with Crippen LogP contribution in [0.15, 0.2) is 48.7 Å². The van der Waals surface area contributed by atoms with Crippen molar-refractivity contribution in [2.45, 2.75) is 0 Å². The number of benzene rings is 2. The third kappa shape index (κ3) is 2.35. The van der Waals surface area contributed by atoms with Gasteiger partial charge < -0.3 is 10.3 Å². The number of nitriles is 1. The van der Waals surface area contributed by atoms with Gasteiger partial charge in [0.2, 0.25) is 0 Å². The SMILES string of the molecule is N#Cc1cc(NC(=O)c2c[nH]c3ccccc23)ccc1F. The Hall–Kier alpha value is -3.13. The number of hydrogen-bond acceptors (Lipinski definition) is 2. The maximum atomic E-state index is 13.2. The van der Waals surface area contributed by atoms with E-state index in [4.69, 9.17) is 5.26 Å². The third-order valence-corrected chi connectivity index (χ3v) is 3.18. The average Bonchev–Trinajstić information content (AvgIpc) is 2.93. The fraction of sp³-hybridized carbons (Fsp3) is 0. The van der Waals surface area contributed by atoms with Crippen LogP contribution in [0, 0.1) is 17.1 Å². The van der Waals surface area contributed by atoms with Gasteiger partial charge in [0.1, 0.15) is 11.9 Å². The molecule has 0 bridgehead atoms. The van der Waals surface area contributed by atoms with Crippen LogP contribution in [-0.4, -0.2) is 10.9 Å². The number of carbonyl (C=O) groups is 1. The highest BCUT2D eigenvalue weighted by Gasteiger charge is 2.12. The van der Waals surface area contributed by atoms with E-state index in [1.54, 1.807) is 12.3 Å². The summed E-state index contributed by atoms with van der Waals surface area (Å²) in [6.07, 6.45) is 1.62. The lowest BCUT2D eigenvalue weighted by atomic mass is 10.1. The Balaban J connectivity index is 1.92. The Morgan fingerprint density at radius 2 is 2.05 bits per heavy atom. The molecule has 0 unspecified atom stereocenters. The highest BCUT2D eigenvalue weighted by atomic mass is 19.1. The standard InChI is InChI=1S/C16H10FN3O/c17-14-6-5-11(7-10(14)8-18)20-16(21)13-9-19-15-4-2-1-3-12(13)15/h1-7,9,19H,(H,20,21). The molecule has 5 heteroatoms. The molecule has 3 aromatic rings. The second-order valence-corrected chi connectivity index (χ2v) is 4.51. The van der Waals surface area contributed by atoms with Crippen molar-refractivity contribution in [2.24, 2.45) is 0 Å². The summed E-state index contributed by atoms with van der Waals surface area (Å²) >= 11 is 0. The summed E-state index contributed by atoms with van der Waals surface area (Å²) in [5.74, 6) is -0.925. The van der Waals surface area contributed by atoms with Gasteiger partial charge in [-0.25, -0.2) is 4.39 Å². The molecule has 0 radical (unpaired) electrons. The molecule has 4 nitrogen and oxygen atoms in total. The Morgan fingerprint density at radius 1 is 1.24 bits per heavy atom. The number of hydrogen-bond donors (Lipinski definition) is 2. The van der Waals surface area contributed by atoms with Crippen LogP contribution in [0.1, 0.15) is 15.9 Å². The number of rotatable bonds is 2. The molecule has 0 aliphatic carbocycles. The number of halogens is 1. The number of aromatic nitrogens is 1. The van der Waals surface area contributed by atoms with E-state index in [9.17, 15) is 9.18 Å². The van der Waals surface area contributed by atoms with Crippen LogP contribution < -0.4 is 5.32 Å². The lowest BCUT2D eigenvalue weighted by molar-refractivity contribution is 0.102. The number of H-pyrrole nitrogens is 1. The predicted molar refractivity (Wildman–Crippen MR) is 77.4 cm³/mol. The first-order valence-corrected chi connectivity index (χ1v) is 6.26. The summed E-state index contributed by atoms with van der Waals surface area (Å²) in [7, 11) is 0. The molecule has 0 atom stereocenters. The second kappa shape index (κ2) is 5.10. The van der Waals surface area contributed by atoms with Crippen molar-refractivity contribution < 1.29 is 9.18 Å². The van der Waals surface area contributed by atoms with E-state index < -0.39 is 5.82 Å². The average molecular weight is 279 g/mol. The molecule has 1 amide bonds. The van der Waals surface area contributed by atoms with Gasteiger partial charge in [-0.2, -0.15) is 5.26 Å². The van der Waals surface area contributed by atoms with Gasteiger partial charge in [0.05, 0.1) is 11.1 Å². The quantitative estimate of drug-likeness (QED) is 0.754. The normalized spacial score (nSPS) is 10.3. The van der Waals surface area contributed by atoms with Gasteiger partial charge in [-0.3, -0.25) is 4.79 Å². The number of aromatic amines is 1. The monoisotopic (exact) mass is 279 g/mol. The summed E-state index contributed by atoms with van der Waals surface area (Å²) in [5, 5.41) is 12.3. The molecule has 102 valence electrons. The van der Waals surface area contributed by atoms with Gasteiger partial charge in [0.15, 0.2) is 0 Å². The van der Waals surface area contributed by atoms with Gasteiger partial charge in [-0.1, -0.05) is 18.2 Å². The van der Waals surface area contributed by atoms with E-state index in [0.717, 1.165) is 17.0 Å². The van der Waals surface area contributed by atoms with Gasteiger partial charge >= 0.3 is 0 Å². The number of carbonyl (C=O) groups excluding carboxylic acids is 1. The van der Waals surface area contributed by atoms with E-state index in [1.165, 1.54) is 12.1 Å². The van der Waals surface area contributed by atoms with E-state index in [0.29, 0.717) is 11.3 Å². The lowest BCUT2D eigenvalue weighted by Gasteiger charge is -2.05. The number of fused-ring (bicyclic) bond motifs is 1. The van der Waals surface area contributed by atoms with Crippen molar-refractivity contribution in [3.63, 3.8) is 0 Å². The van der Waals surface area contributed by atoms with Crippen LogP contribution in [0.3, 0.4) is 0 Å². The predicted octanol–water partition coefficient (Wildman–Crippen LogP) is 3.43. The maximum Gasteiger partial charge on any atom is 0.257 e. The minimum absolute atomic E-state index is 0.105. The van der Waals surface area contributed by atoms with Gasteiger partial charge in [-0.05, 0) is 24.3 Å². The Kier molecular flexibility index (Phi) is 3.13. The number of nitrogens with one attached hydrogen (secondary N) is 2. The van der Waals surface area contributed by atoms with E-state index in [1.807, 2.05) is 24.3 Å². The molecule has 0 aliphatic rings. The maximum absolute atomic E-state index is 13.2. The molecule has 3 rings (SSSR count). The van der Waals surface area contributed by atoms with Crippen LogP contribution in [0.5, 0.6) is 0 Å². The van der Waals surface area contributed by atoms with Crippen molar-refractivity contribution in [3.8, 4) is 6.07 Å². The zero-order valence-electron chi connectivity index (χ0n) is 10.9. The van der Waals surface area contributed by atoms with Crippen molar-refractivity contribution in [3.05, 3.63) is 65.6 Å². The molecule has 2 aromatic carbocycles. The number of anilines is 1. The fourth-order valence-electron chi connectivity index (χ4n) is 2.15. The summed E-state index contributed by atoms with van der Waals surface area (Å²) in [6.45, 7) is 0. The van der Waals surface area contributed by atoms with Gasteiger partial charge in [-0.15, -0.1) is 0 Å². The molecule has 1 heterocycles. The second-order valence-electron chi connectivity index (χ2n) is 4.51. The molecule has 2 N–H and O–H groups in total. The minimum atomic E-state index is -0.609. The molecule has 21 heavy (non-hydrogen) atoms. The first-order valence-electron chi connectivity index (χ1n) is 6.26. The molecule has 0 aliphatic heterocycles. The Bertz CT molecular complexity index is 877. The van der Waals surface area contributed by atoms with Crippen LogP contribution in [-0.2, 0) is 0 Å². The van der Waals surface area contributed by atoms with E-state index >= 15 is 0 Å². The zero-order chi connectivity index (χ0) is 14.8. The first-order chi connectivity index (χ1) is 10.2. The van der Waals surface area contributed by atoms with Crippen molar-refractivity contribution in [2.75, 3.05) is 5.32 Å². The van der Waals surface area contributed by atoms with E-state index in [-0.39, 0.29) is 11.5 Å². The van der Waals surface area contributed by atoms with Crippen molar-refractivity contribution in [1.82, 2.24) is 4.98 Å². The van der Waals surface area contributed by atoms with Crippen LogP contribution in [0.25, 0.3) is 10.9 Å². The molecule has 1 aromatic heterocycles. The third-order valence-electron chi connectivity index (χ3n) is 3.18. The summed E-state index contributed by atoms with van der Waals surface area (Å²) < 4.78 is 13.2. The fourth-order valence-corrected chi connectivity index (χ4v) is 2.15. The highest BCUT2D eigenvalue weighted by Crippen LogP contribution is 2.20. The number of nitrogens with zero attached hydrogens (tertiary/aromatic N) is 1. The van der Waals surface area contributed by atoms with Crippen LogP contribution >= 0.6 is 0 Å². The van der Waals surface area contributed by atoms with Gasteiger partial charge in [0, 0.05) is 22.8 Å². The highest BCUT2D eigenvalue weighted by molar-refractivity contribution is 6.12. The summed E-state index contributed by atoms with van der Waals surface area (Å²) in [5.41, 5.74) is 1.63. The van der Waals surface area contributed by atoms with Crippen LogP contribution in [0.2, 0.25) is 0 Å². The summed E-state index contributed by atoms with van der Waals surface area (Å²) in [6, 6.07) is 13.1. The smallest absolute Gasteiger partial charge is 0.257 e. The largest absolute Gasteiger partial charge is 0.360 e. The molecule has 0 saturated heterocycles. The molecule has 0 spiro atoms. The molecular weight excluding hydrogens is 269 g/mol. The number of amides is 1. The zero-order valence-corrected chi connectivity index (χ0v) is 10.9. The number of para-hydroxylation sites is 1. The minimum Gasteiger partial charge on any atom is -0.360 e. The molecule has 0 fully saturated rings. The lowest BCUT2D eigenvalue weighted by Crippen LogP contribution is -2.11. The summed E-state index contributed by atoms with van der Waals surface area (Å²) in [4.78, 5) is 15.3. The topological polar surface area (TPSA) is 68.7 Å². The molecule has 0 saturated carbocycles. The first kappa shape index (κ1) is 12.9. The Labute approximate surface area is 119 Å².